The summed E-state index contributed by atoms with van der Waals surface area (Å²) in [5.74, 6) is -2.16. The molecule has 5 N–H and O–H groups in total. The molecule has 5 rings (SSSR count). The van der Waals surface area contributed by atoms with Crippen LogP contribution in [0, 0.1) is 5.92 Å². The third kappa shape index (κ3) is 6.70. The number of rotatable bonds is 3. The van der Waals surface area contributed by atoms with Gasteiger partial charge in [0.05, 0.1) is 6.04 Å². The summed E-state index contributed by atoms with van der Waals surface area (Å²) in [6.45, 7) is 5.56. The van der Waals surface area contributed by atoms with Crippen molar-refractivity contribution in [3.8, 4) is 0 Å². The molecule has 2 aliphatic carbocycles. The lowest BCUT2D eigenvalue weighted by molar-refractivity contribution is -0.145. The number of nitrogens with one attached hydrogen (secondary N) is 4. The fourth-order valence-electron chi connectivity index (χ4n) is 6.76. The van der Waals surface area contributed by atoms with Gasteiger partial charge in [0.15, 0.2) is 0 Å². The van der Waals surface area contributed by atoms with E-state index in [0.717, 1.165) is 51.4 Å². The monoisotopic (exact) mass is 574 g/mol. The van der Waals surface area contributed by atoms with E-state index >= 15 is 0 Å². The van der Waals surface area contributed by atoms with Crippen LogP contribution < -0.4 is 21.5 Å². The van der Waals surface area contributed by atoms with Crippen molar-refractivity contribution in [1.82, 2.24) is 31.5 Å². The summed E-state index contributed by atoms with van der Waals surface area (Å²) in [4.78, 5) is 54.5. The minimum absolute atomic E-state index is 0.197. The predicted octanol–water partition coefficient (Wildman–Crippen LogP) is 1.97. The predicted molar refractivity (Wildman–Crippen MR) is 150 cm³/mol. The molecule has 0 radical (unpaired) electrons. The number of carboxylic acids is 1. The zero-order valence-corrected chi connectivity index (χ0v) is 24.5. The van der Waals surface area contributed by atoms with Gasteiger partial charge in [0, 0.05) is 24.5 Å². The first-order valence-corrected chi connectivity index (χ1v) is 15.3. The summed E-state index contributed by atoms with van der Waals surface area (Å²) in [5, 5.41) is 17.6. The Labute approximate surface area is 241 Å². The molecule has 2 saturated carbocycles. The van der Waals surface area contributed by atoms with Gasteiger partial charge in [-0.05, 0) is 65.7 Å². The van der Waals surface area contributed by atoms with Crippen LogP contribution in [0.15, 0.2) is 12.2 Å². The van der Waals surface area contributed by atoms with Crippen LogP contribution in [0.25, 0.3) is 0 Å². The molecule has 0 bridgehead atoms. The van der Waals surface area contributed by atoms with E-state index in [2.05, 4.69) is 21.5 Å². The van der Waals surface area contributed by atoms with E-state index in [1.54, 1.807) is 20.8 Å². The third-order valence-corrected chi connectivity index (χ3v) is 9.07. The second-order valence-electron chi connectivity index (χ2n) is 13.4. The molecule has 12 heteroatoms. The number of carboxylic acid groups (broad SMARTS) is 1. The molecule has 4 fully saturated rings. The van der Waals surface area contributed by atoms with E-state index in [1.165, 1.54) is 4.90 Å². The van der Waals surface area contributed by atoms with E-state index < -0.39 is 41.2 Å². The first kappa shape index (κ1) is 29.8. The Morgan fingerprint density at radius 2 is 1.73 bits per heavy atom. The molecule has 7 atom stereocenters. The lowest BCUT2D eigenvalue weighted by Gasteiger charge is -2.30. The quantitative estimate of drug-likeness (QED) is 0.319. The molecule has 3 heterocycles. The van der Waals surface area contributed by atoms with Crippen molar-refractivity contribution in [3.63, 3.8) is 0 Å². The Kier molecular flexibility index (Phi) is 8.63. The largest absolute Gasteiger partial charge is 0.479 e. The minimum atomic E-state index is -1.35. The molecule has 3 aliphatic heterocycles. The van der Waals surface area contributed by atoms with Crippen LogP contribution in [0.4, 0.5) is 4.79 Å². The van der Waals surface area contributed by atoms with Crippen molar-refractivity contribution in [1.29, 1.82) is 0 Å². The number of alkyl carbamates (subject to hydrolysis) is 1. The molecule has 12 nitrogen and oxygen atoms in total. The van der Waals surface area contributed by atoms with Gasteiger partial charge >= 0.3 is 12.1 Å². The number of nitrogens with zero attached hydrogens (tertiary/aromatic N) is 2. The Balaban J connectivity index is 1.40. The van der Waals surface area contributed by atoms with E-state index in [0.29, 0.717) is 31.3 Å². The van der Waals surface area contributed by atoms with Gasteiger partial charge in [-0.2, -0.15) is 5.12 Å². The van der Waals surface area contributed by atoms with Gasteiger partial charge in [0.1, 0.15) is 23.2 Å². The second-order valence-corrected chi connectivity index (χ2v) is 13.4. The molecule has 5 aliphatic rings. The number of carbonyl (C=O) groups is 4. The Morgan fingerprint density at radius 1 is 1.05 bits per heavy atom. The standard InChI is InChI=1S/C29H46N6O6/c1-28(2,3)41-27(40)30-22-14-8-6-4-5-7-11-18-16-29(18,26(38)39)31-24(36)23-15-19(17-34(23)25(22)37)35-32-20-12-9-10-13-21(20)33-35/h7,11,18-23,32-33H,4-6,8-10,12-17H2,1-3H3,(H,30,40)(H,31,36)(H,38,39)/b11-7-/t18-,19?,20?,21?,22-,23+,29+/m1/s1. The molecule has 3 unspecified atom stereocenters. The molecule has 0 aromatic rings. The smallest absolute Gasteiger partial charge is 0.408 e. The average Bonchev–Trinajstić information content (AvgIpc) is 3.23. The van der Waals surface area contributed by atoms with Crippen molar-refractivity contribution in [2.24, 2.45) is 5.92 Å². The van der Waals surface area contributed by atoms with Crippen molar-refractivity contribution in [2.75, 3.05) is 6.54 Å². The molecule has 228 valence electrons. The maximum atomic E-state index is 14.1. The fraction of sp³-hybridized carbons (Fsp3) is 0.793. The van der Waals surface area contributed by atoms with E-state index in [1.807, 2.05) is 17.3 Å². The molecular weight excluding hydrogens is 528 g/mol. The van der Waals surface area contributed by atoms with E-state index in [4.69, 9.17) is 4.74 Å². The summed E-state index contributed by atoms with van der Waals surface area (Å²) in [6, 6.07) is -1.31. The van der Waals surface area contributed by atoms with Crippen molar-refractivity contribution in [2.45, 2.75) is 133 Å². The second kappa shape index (κ2) is 11.9. The van der Waals surface area contributed by atoms with Crippen molar-refractivity contribution < 1.29 is 29.0 Å². The molecule has 3 amide bonds. The number of ether oxygens (including phenoxy) is 1. The van der Waals surface area contributed by atoms with Gasteiger partial charge in [-0.25, -0.2) is 20.4 Å². The summed E-state index contributed by atoms with van der Waals surface area (Å²) >= 11 is 0. The van der Waals surface area contributed by atoms with Crippen LogP contribution in [0.1, 0.15) is 91.4 Å². The van der Waals surface area contributed by atoms with Crippen LogP contribution in [-0.2, 0) is 19.1 Å². The van der Waals surface area contributed by atoms with Gasteiger partial charge in [-0.1, -0.05) is 37.8 Å². The van der Waals surface area contributed by atoms with Crippen LogP contribution >= 0.6 is 0 Å². The number of hydrogen-bond donors (Lipinski definition) is 5. The van der Waals surface area contributed by atoms with Gasteiger partial charge < -0.3 is 25.4 Å². The van der Waals surface area contributed by atoms with Crippen molar-refractivity contribution in [3.05, 3.63) is 12.2 Å². The molecule has 2 saturated heterocycles. The average molecular weight is 575 g/mol. The maximum absolute atomic E-state index is 14.1. The number of carbonyl (C=O) groups excluding carboxylic acids is 3. The highest BCUT2D eigenvalue weighted by Crippen LogP contribution is 2.45. The van der Waals surface area contributed by atoms with Crippen LogP contribution in [0.2, 0.25) is 0 Å². The Bertz CT molecular complexity index is 1050. The number of fused-ring (bicyclic) bond motifs is 3. The maximum Gasteiger partial charge on any atom is 0.408 e. The minimum Gasteiger partial charge on any atom is -0.479 e. The third-order valence-electron chi connectivity index (χ3n) is 9.07. The number of amides is 3. The number of aliphatic carboxylic acids is 1. The topological polar surface area (TPSA) is 152 Å². The SMILES string of the molecule is CC(C)(C)OC(=O)N[C@@H]1CCCCC/C=C\[C@@H]2C[C@]2(C(=O)O)NC(=O)[C@@H]2CC(N3NC4CCCCC4N3)CN2C1=O. The van der Waals surface area contributed by atoms with E-state index in [9.17, 15) is 24.3 Å². The van der Waals surface area contributed by atoms with Gasteiger partial charge in [0.2, 0.25) is 11.8 Å². The number of hydrazine groups is 2. The van der Waals surface area contributed by atoms with Crippen molar-refractivity contribution >= 4 is 23.9 Å². The summed E-state index contributed by atoms with van der Waals surface area (Å²) in [7, 11) is 0. The Hall–Kier alpha value is -2.70. The normalized spacial score (nSPS) is 37.5. The van der Waals surface area contributed by atoms with Gasteiger partial charge in [-0.15, -0.1) is 0 Å². The fourth-order valence-corrected chi connectivity index (χ4v) is 6.76. The lowest BCUT2D eigenvalue weighted by Crippen LogP contribution is -2.56. The summed E-state index contributed by atoms with van der Waals surface area (Å²) in [5.41, 5.74) is 5.01. The Morgan fingerprint density at radius 3 is 2.39 bits per heavy atom. The van der Waals surface area contributed by atoms with Gasteiger partial charge in [0.25, 0.3) is 0 Å². The molecular formula is C29H46N6O6. The number of allylic oxidation sites excluding steroid dienone is 1. The molecule has 0 spiro atoms. The van der Waals surface area contributed by atoms with Crippen LogP contribution in [-0.4, -0.2) is 86.9 Å². The zero-order chi connectivity index (χ0) is 29.4. The molecule has 0 aromatic heterocycles. The highest BCUT2D eigenvalue weighted by atomic mass is 16.6. The highest BCUT2D eigenvalue weighted by molar-refractivity contribution is 5.96. The van der Waals surface area contributed by atoms with Gasteiger partial charge in [-0.3, -0.25) is 9.59 Å². The highest BCUT2D eigenvalue weighted by Gasteiger charge is 2.61. The first-order chi connectivity index (χ1) is 19.5. The van der Waals surface area contributed by atoms with Crippen LogP contribution in [0.3, 0.4) is 0 Å². The molecule has 41 heavy (non-hydrogen) atoms. The van der Waals surface area contributed by atoms with Crippen LogP contribution in [0.5, 0.6) is 0 Å². The number of hydrogen-bond acceptors (Lipinski definition) is 8. The van der Waals surface area contributed by atoms with E-state index in [-0.39, 0.29) is 24.4 Å². The summed E-state index contributed by atoms with van der Waals surface area (Å²) in [6.07, 6.45) is 12.0. The lowest BCUT2D eigenvalue weighted by atomic mass is 9.92. The summed E-state index contributed by atoms with van der Waals surface area (Å²) < 4.78 is 5.46. The first-order valence-electron chi connectivity index (χ1n) is 15.3. The zero-order valence-electron chi connectivity index (χ0n) is 24.5. The molecule has 0 aromatic carbocycles.